The number of fused-ring (bicyclic) bond motifs is 1. The van der Waals surface area contributed by atoms with Gasteiger partial charge in [-0.05, 0) is 60.2 Å². The van der Waals surface area contributed by atoms with Gasteiger partial charge in [-0.15, -0.1) is 0 Å². The molecule has 0 aromatic heterocycles. The van der Waals surface area contributed by atoms with Gasteiger partial charge in [-0.3, -0.25) is 5.43 Å². The second-order valence-electron chi connectivity index (χ2n) is 6.77. The molecule has 4 rings (SSSR count). The van der Waals surface area contributed by atoms with Crippen molar-refractivity contribution in [2.75, 3.05) is 44.8 Å². The number of benzene rings is 2. The molecule has 9 nitrogen and oxygen atoms in total. The lowest BCUT2D eigenvalue weighted by molar-refractivity contribution is 0.0730. The zero-order valence-corrected chi connectivity index (χ0v) is 18.2. The molecule has 0 radical (unpaired) electrons. The van der Waals surface area contributed by atoms with Crippen LogP contribution in [0.1, 0.15) is 5.56 Å². The summed E-state index contributed by atoms with van der Waals surface area (Å²) in [6, 6.07) is 11.9. The molecule has 2 N–H and O–H groups in total. The molecule has 2 aromatic rings. The second-order valence-corrected chi connectivity index (χ2v) is 9.11. The second kappa shape index (κ2) is 9.60. The summed E-state index contributed by atoms with van der Waals surface area (Å²) < 4.78 is 43.0. The third-order valence-corrected chi connectivity index (χ3v) is 6.77. The van der Waals surface area contributed by atoms with Gasteiger partial charge in [0.1, 0.15) is 13.2 Å². The Kier molecular flexibility index (Phi) is 6.66. The van der Waals surface area contributed by atoms with Crippen LogP contribution in [0, 0.1) is 0 Å². The number of thiocarbonyl (C=S) groups is 1. The van der Waals surface area contributed by atoms with Crippen molar-refractivity contribution in [3.8, 4) is 11.5 Å². The lowest BCUT2D eigenvalue weighted by Gasteiger charge is -2.26. The summed E-state index contributed by atoms with van der Waals surface area (Å²) >= 11 is 5.24. The first-order valence-corrected chi connectivity index (χ1v) is 11.5. The van der Waals surface area contributed by atoms with E-state index in [-0.39, 0.29) is 10.0 Å². The summed E-state index contributed by atoms with van der Waals surface area (Å²) in [5.74, 6) is 1.40. The molecule has 2 heterocycles. The van der Waals surface area contributed by atoms with Crippen LogP contribution in [0.5, 0.6) is 11.5 Å². The van der Waals surface area contributed by atoms with Crippen molar-refractivity contribution in [1.29, 1.82) is 0 Å². The normalized spacial score (nSPS) is 16.8. The fourth-order valence-electron chi connectivity index (χ4n) is 3.11. The highest BCUT2D eigenvalue weighted by molar-refractivity contribution is 7.89. The van der Waals surface area contributed by atoms with Gasteiger partial charge in [0.15, 0.2) is 16.6 Å². The topological polar surface area (TPSA) is 101 Å². The van der Waals surface area contributed by atoms with Gasteiger partial charge in [-0.1, -0.05) is 0 Å². The van der Waals surface area contributed by atoms with Gasteiger partial charge in [0.2, 0.25) is 10.0 Å². The molecule has 2 aromatic carbocycles. The van der Waals surface area contributed by atoms with E-state index in [1.165, 1.54) is 4.31 Å². The minimum Gasteiger partial charge on any atom is -0.486 e. The Balaban J connectivity index is 1.32. The predicted molar refractivity (Wildman–Crippen MR) is 120 cm³/mol. The van der Waals surface area contributed by atoms with Crippen LogP contribution < -0.4 is 20.2 Å². The standard InChI is InChI=1S/C20H22N4O5S2/c25-31(26,24-7-9-27-10-8-24)17-4-2-16(3-5-17)22-20(30)23-21-14-15-1-6-18-19(13-15)29-12-11-28-18/h1-6,13-14H,7-12H2,(H2,22,23,30)/b21-14+. The Morgan fingerprint density at radius 3 is 2.45 bits per heavy atom. The minimum absolute atomic E-state index is 0.232. The van der Waals surface area contributed by atoms with E-state index >= 15 is 0 Å². The van der Waals surface area contributed by atoms with Crippen LogP contribution in [0.15, 0.2) is 52.5 Å². The molecule has 1 fully saturated rings. The number of anilines is 1. The van der Waals surface area contributed by atoms with E-state index in [9.17, 15) is 8.42 Å². The van der Waals surface area contributed by atoms with Gasteiger partial charge in [0.05, 0.1) is 24.3 Å². The van der Waals surface area contributed by atoms with Crippen LogP contribution >= 0.6 is 12.2 Å². The fourth-order valence-corrected chi connectivity index (χ4v) is 4.69. The minimum atomic E-state index is -3.52. The number of hydrazone groups is 1. The Morgan fingerprint density at radius 1 is 1.00 bits per heavy atom. The number of hydrogen-bond donors (Lipinski definition) is 2. The highest BCUT2D eigenvalue weighted by atomic mass is 32.2. The first-order chi connectivity index (χ1) is 15.0. The molecule has 1 saturated heterocycles. The molecule has 31 heavy (non-hydrogen) atoms. The van der Waals surface area contributed by atoms with Crippen molar-refractivity contribution in [3.63, 3.8) is 0 Å². The SMILES string of the molecule is O=S(=O)(c1ccc(NC(=S)N/N=C/c2ccc3c(c2)OCCO3)cc1)N1CCOCC1. The maximum Gasteiger partial charge on any atom is 0.243 e. The highest BCUT2D eigenvalue weighted by Crippen LogP contribution is 2.30. The maximum absolute atomic E-state index is 12.7. The Bertz CT molecular complexity index is 1070. The summed E-state index contributed by atoms with van der Waals surface area (Å²) in [6.45, 7) is 2.60. The average molecular weight is 463 g/mol. The number of morpholine rings is 1. The number of rotatable bonds is 5. The van der Waals surface area contributed by atoms with Crippen molar-refractivity contribution in [3.05, 3.63) is 48.0 Å². The molecule has 2 aliphatic heterocycles. The Morgan fingerprint density at radius 2 is 1.71 bits per heavy atom. The molecule has 0 spiro atoms. The van der Waals surface area contributed by atoms with E-state index in [0.29, 0.717) is 56.7 Å². The van der Waals surface area contributed by atoms with Gasteiger partial charge in [0.25, 0.3) is 0 Å². The third-order valence-electron chi connectivity index (χ3n) is 4.67. The number of ether oxygens (including phenoxy) is 3. The molecule has 2 aliphatic rings. The molecule has 0 amide bonds. The van der Waals surface area contributed by atoms with Crippen LogP contribution in [0.25, 0.3) is 0 Å². The quantitative estimate of drug-likeness (QED) is 0.394. The largest absolute Gasteiger partial charge is 0.486 e. The van der Waals surface area contributed by atoms with Crippen LogP contribution in [0.3, 0.4) is 0 Å². The number of nitrogens with zero attached hydrogens (tertiary/aromatic N) is 2. The first kappa shape index (κ1) is 21.5. The van der Waals surface area contributed by atoms with E-state index in [1.54, 1.807) is 30.5 Å². The van der Waals surface area contributed by atoms with Crippen LogP contribution in [-0.2, 0) is 14.8 Å². The van der Waals surface area contributed by atoms with E-state index in [2.05, 4.69) is 15.8 Å². The number of nitrogens with one attached hydrogen (secondary N) is 2. The third kappa shape index (κ3) is 5.31. The Hall–Kier alpha value is -2.73. The molecular formula is C20H22N4O5S2. The molecule has 0 unspecified atom stereocenters. The molecule has 164 valence electrons. The molecule has 0 aliphatic carbocycles. The zero-order valence-electron chi connectivity index (χ0n) is 16.6. The highest BCUT2D eigenvalue weighted by Gasteiger charge is 2.26. The Labute approximate surface area is 186 Å². The van der Waals surface area contributed by atoms with Crippen LogP contribution in [0.2, 0.25) is 0 Å². The van der Waals surface area contributed by atoms with E-state index < -0.39 is 10.0 Å². The van der Waals surface area contributed by atoms with Gasteiger partial charge in [-0.25, -0.2) is 8.42 Å². The van der Waals surface area contributed by atoms with Crippen LogP contribution in [0.4, 0.5) is 5.69 Å². The summed E-state index contributed by atoms with van der Waals surface area (Å²) in [4.78, 5) is 0.232. The van der Waals surface area contributed by atoms with Crippen molar-refractivity contribution >= 4 is 39.3 Å². The number of hydrogen-bond acceptors (Lipinski definition) is 7. The summed E-state index contributed by atoms with van der Waals surface area (Å²) in [5, 5.41) is 7.36. The molecule has 0 atom stereocenters. The summed E-state index contributed by atoms with van der Waals surface area (Å²) in [7, 11) is -3.52. The molecule has 0 bridgehead atoms. The van der Waals surface area contributed by atoms with Crippen LogP contribution in [-0.4, -0.2) is 63.6 Å². The average Bonchev–Trinajstić information content (AvgIpc) is 2.80. The summed E-state index contributed by atoms with van der Waals surface area (Å²) in [5.41, 5.74) is 4.21. The summed E-state index contributed by atoms with van der Waals surface area (Å²) in [6.07, 6.45) is 1.62. The van der Waals surface area contributed by atoms with Crippen molar-refractivity contribution < 1.29 is 22.6 Å². The van der Waals surface area contributed by atoms with Crippen molar-refractivity contribution in [2.24, 2.45) is 5.10 Å². The molecule has 11 heteroatoms. The van der Waals surface area contributed by atoms with Gasteiger partial charge >= 0.3 is 0 Å². The monoisotopic (exact) mass is 462 g/mol. The maximum atomic E-state index is 12.7. The fraction of sp³-hybridized carbons (Fsp3) is 0.300. The molecular weight excluding hydrogens is 440 g/mol. The van der Waals surface area contributed by atoms with Gasteiger partial charge in [-0.2, -0.15) is 9.41 Å². The first-order valence-electron chi connectivity index (χ1n) is 9.70. The lowest BCUT2D eigenvalue weighted by atomic mass is 10.2. The predicted octanol–water partition coefficient (Wildman–Crippen LogP) is 1.80. The number of sulfonamides is 1. The lowest BCUT2D eigenvalue weighted by Crippen LogP contribution is -2.40. The van der Waals surface area contributed by atoms with Gasteiger partial charge < -0.3 is 19.5 Å². The van der Waals surface area contributed by atoms with Crippen molar-refractivity contribution in [1.82, 2.24) is 9.73 Å². The van der Waals surface area contributed by atoms with E-state index in [1.807, 2.05) is 18.2 Å². The molecule has 0 saturated carbocycles. The smallest absolute Gasteiger partial charge is 0.243 e. The van der Waals surface area contributed by atoms with E-state index in [4.69, 9.17) is 26.4 Å². The zero-order chi connectivity index (χ0) is 21.7. The van der Waals surface area contributed by atoms with Gasteiger partial charge in [0, 0.05) is 18.8 Å². The van der Waals surface area contributed by atoms with E-state index in [0.717, 1.165) is 5.56 Å². The van der Waals surface area contributed by atoms with Crippen molar-refractivity contribution in [2.45, 2.75) is 4.90 Å².